The molecule has 0 aromatic carbocycles. The number of anilines is 1. The number of fused-ring (bicyclic) bond motifs is 2. The number of halogens is 1. The molecule has 206 valence electrons. The van der Waals surface area contributed by atoms with Crippen LogP contribution in [0, 0.1) is 19.7 Å². The van der Waals surface area contributed by atoms with Gasteiger partial charge in [0.15, 0.2) is 17.5 Å². The minimum Gasteiger partial charge on any atom is -0.352 e. The summed E-state index contributed by atoms with van der Waals surface area (Å²) in [6, 6.07) is 11.6. The Morgan fingerprint density at radius 1 is 0.976 bits per heavy atom. The van der Waals surface area contributed by atoms with Gasteiger partial charge in [-0.05, 0) is 56.7 Å². The zero-order valence-corrected chi connectivity index (χ0v) is 22.6. The molecular weight excluding hydrogens is 523 g/mol. The van der Waals surface area contributed by atoms with Gasteiger partial charge in [0, 0.05) is 48.9 Å². The predicted octanol–water partition coefficient (Wildman–Crippen LogP) is 3.29. The molecule has 11 nitrogen and oxygen atoms in total. The van der Waals surface area contributed by atoms with E-state index in [4.69, 9.17) is 9.97 Å². The van der Waals surface area contributed by atoms with Gasteiger partial charge in [-0.25, -0.2) is 29.0 Å². The number of hydrogen-bond donors (Lipinski definition) is 1. The van der Waals surface area contributed by atoms with E-state index in [2.05, 4.69) is 30.2 Å². The van der Waals surface area contributed by atoms with Crippen LogP contribution in [-0.4, -0.2) is 75.9 Å². The molecule has 0 aliphatic carbocycles. The third kappa shape index (κ3) is 4.81. The van der Waals surface area contributed by atoms with Crippen LogP contribution in [0.3, 0.4) is 0 Å². The number of rotatable bonds is 6. The second-order valence-corrected chi connectivity index (χ2v) is 10.6. The van der Waals surface area contributed by atoms with Crippen molar-refractivity contribution in [3.63, 3.8) is 0 Å². The van der Waals surface area contributed by atoms with Crippen LogP contribution >= 0.6 is 0 Å². The van der Waals surface area contributed by atoms with Crippen LogP contribution < -0.4 is 4.90 Å². The first-order valence-corrected chi connectivity index (χ1v) is 13.5. The van der Waals surface area contributed by atoms with Gasteiger partial charge in [-0.1, -0.05) is 0 Å². The first kappa shape index (κ1) is 25.0. The van der Waals surface area contributed by atoms with Crippen LogP contribution in [0.25, 0.3) is 17.2 Å². The molecule has 0 spiro atoms. The second kappa shape index (κ2) is 9.88. The third-order valence-corrected chi connectivity index (χ3v) is 7.57. The molecule has 1 amide bonds. The van der Waals surface area contributed by atoms with Crippen LogP contribution in [0.5, 0.6) is 0 Å². The fourth-order valence-electron chi connectivity index (χ4n) is 5.66. The molecule has 0 radical (unpaired) electrons. The lowest BCUT2D eigenvalue weighted by Crippen LogP contribution is -2.70. The van der Waals surface area contributed by atoms with Gasteiger partial charge in [-0.2, -0.15) is 10.2 Å². The summed E-state index contributed by atoms with van der Waals surface area (Å²) in [5.41, 5.74) is 5.11. The molecule has 3 aliphatic heterocycles. The standard InChI is InChI=1S/C29H27FN10O/c1-17-7-22(9-23-8-18(2)36-37-23)35-28(34-17)19-3-5-26(31-11-19)38-15-24-10-25(16-38)40(24)29(41)20-4-6-27(32-12-20)39-14-21(30)13-33-39/h3-8,11-14,24-25H,9-10,15-16H2,1-2H3,(H,36,37). The van der Waals surface area contributed by atoms with Gasteiger partial charge in [0.05, 0.1) is 41.4 Å². The average Bonchev–Trinajstić information content (AvgIpc) is 3.60. The SMILES string of the molecule is Cc1cc(Cc2cc(C)[nH]n2)nc(-c2ccc(N3CC4CC(C3)N4C(=O)c3ccc(-n4cc(F)cn4)nc3)nc2)n1. The Labute approximate surface area is 235 Å². The lowest BCUT2D eigenvalue weighted by atomic mass is 9.86. The number of nitrogens with one attached hydrogen (secondary N) is 1. The Kier molecular flexibility index (Phi) is 6.02. The zero-order chi connectivity index (χ0) is 28.1. The highest BCUT2D eigenvalue weighted by Gasteiger charge is 2.47. The van der Waals surface area contributed by atoms with E-state index in [9.17, 15) is 9.18 Å². The Bertz CT molecular complexity index is 1720. The Morgan fingerprint density at radius 2 is 1.78 bits per heavy atom. The Hall–Kier alpha value is -5.00. The maximum atomic E-state index is 13.3. The first-order valence-electron chi connectivity index (χ1n) is 13.5. The number of amides is 1. The average molecular weight is 551 g/mol. The first-order chi connectivity index (χ1) is 19.9. The molecular formula is C29H27FN10O. The number of pyridine rings is 2. The van der Waals surface area contributed by atoms with Crippen molar-refractivity contribution >= 4 is 11.7 Å². The predicted molar refractivity (Wildman–Crippen MR) is 148 cm³/mol. The van der Waals surface area contributed by atoms with Crippen molar-refractivity contribution in [1.29, 1.82) is 0 Å². The van der Waals surface area contributed by atoms with Gasteiger partial charge < -0.3 is 9.80 Å². The summed E-state index contributed by atoms with van der Waals surface area (Å²) in [6.45, 7) is 5.36. The summed E-state index contributed by atoms with van der Waals surface area (Å²) in [4.78, 5) is 35.8. The molecule has 2 atom stereocenters. The van der Waals surface area contributed by atoms with Crippen molar-refractivity contribution in [3.05, 3.63) is 95.3 Å². The van der Waals surface area contributed by atoms with Crippen LogP contribution in [0.15, 0.2) is 61.2 Å². The second-order valence-electron chi connectivity index (χ2n) is 10.6. The highest BCUT2D eigenvalue weighted by atomic mass is 19.1. The number of piperazine rings is 1. The van der Waals surface area contributed by atoms with Gasteiger partial charge in [0.1, 0.15) is 5.82 Å². The number of carbonyl (C=O) groups is 1. The van der Waals surface area contributed by atoms with Crippen LogP contribution in [0.4, 0.5) is 10.2 Å². The molecule has 8 rings (SSSR count). The minimum atomic E-state index is -0.442. The molecule has 8 heterocycles. The van der Waals surface area contributed by atoms with Crippen molar-refractivity contribution in [3.8, 4) is 17.2 Å². The highest BCUT2D eigenvalue weighted by molar-refractivity contribution is 5.95. The molecule has 3 fully saturated rings. The van der Waals surface area contributed by atoms with E-state index >= 15 is 0 Å². The monoisotopic (exact) mass is 550 g/mol. The number of nitrogens with zero attached hydrogens (tertiary/aromatic N) is 9. The van der Waals surface area contributed by atoms with Gasteiger partial charge in [0.2, 0.25) is 0 Å². The summed E-state index contributed by atoms with van der Waals surface area (Å²) in [5.74, 6) is 1.48. The van der Waals surface area contributed by atoms with E-state index in [0.717, 1.165) is 46.8 Å². The summed E-state index contributed by atoms with van der Waals surface area (Å²) < 4.78 is 14.6. The number of aryl methyl sites for hydroxylation is 2. The van der Waals surface area contributed by atoms with Gasteiger partial charge >= 0.3 is 0 Å². The van der Waals surface area contributed by atoms with Crippen molar-refractivity contribution in [2.75, 3.05) is 18.0 Å². The van der Waals surface area contributed by atoms with E-state index in [1.165, 1.54) is 17.1 Å². The third-order valence-electron chi connectivity index (χ3n) is 7.57. The Morgan fingerprint density at radius 3 is 2.44 bits per heavy atom. The molecule has 0 saturated carbocycles. The van der Waals surface area contributed by atoms with E-state index in [-0.39, 0.29) is 18.0 Å². The fraction of sp³-hybridized carbons (Fsp3) is 0.276. The van der Waals surface area contributed by atoms with Crippen LogP contribution in [0.1, 0.15) is 39.6 Å². The molecule has 41 heavy (non-hydrogen) atoms. The molecule has 5 aromatic heterocycles. The quantitative estimate of drug-likeness (QED) is 0.342. The highest BCUT2D eigenvalue weighted by Crippen LogP contribution is 2.35. The van der Waals surface area contributed by atoms with Crippen LogP contribution in [0.2, 0.25) is 0 Å². The normalized spacial score (nSPS) is 17.9. The zero-order valence-electron chi connectivity index (χ0n) is 22.6. The lowest BCUT2D eigenvalue weighted by molar-refractivity contribution is 0.00573. The summed E-state index contributed by atoms with van der Waals surface area (Å²) in [7, 11) is 0. The molecule has 5 aromatic rings. The van der Waals surface area contributed by atoms with E-state index in [1.807, 2.05) is 49.2 Å². The number of H-pyrrole nitrogens is 1. The van der Waals surface area contributed by atoms with Gasteiger partial charge in [-0.15, -0.1) is 0 Å². The van der Waals surface area contributed by atoms with Crippen LogP contribution in [-0.2, 0) is 6.42 Å². The molecule has 2 unspecified atom stereocenters. The van der Waals surface area contributed by atoms with Crippen molar-refractivity contribution in [2.24, 2.45) is 0 Å². The number of aromatic amines is 1. The number of carbonyl (C=O) groups excluding carboxylic acids is 1. The van der Waals surface area contributed by atoms with Crippen molar-refractivity contribution in [2.45, 2.75) is 38.8 Å². The van der Waals surface area contributed by atoms with Crippen molar-refractivity contribution < 1.29 is 9.18 Å². The number of aromatic nitrogens is 8. The molecule has 2 bridgehead atoms. The topological polar surface area (TPSA) is 122 Å². The van der Waals surface area contributed by atoms with Crippen molar-refractivity contribution in [1.82, 2.24) is 44.8 Å². The Balaban J connectivity index is 1.01. The molecule has 12 heteroatoms. The summed E-state index contributed by atoms with van der Waals surface area (Å²) >= 11 is 0. The maximum absolute atomic E-state index is 13.3. The van der Waals surface area contributed by atoms with E-state index in [1.54, 1.807) is 12.1 Å². The molecule has 3 saturated heterocycles. The summed E-state index contributed by atoms with van der Waals surface area (Å²) in [6.07, 6.45) is 7.29. The van der Waals surface area contributed by atoms with Gasteiger partial charge in [0.25, 0.3) is 5.91 Å². The van der Waals surface area contributed by atoms with E-state index < -0.39 is 5.82 Å². The van der Waals surface area contributed by atoms with E-state index in [0.29, 0.717) is 36.7 Å². The molecule has 3 aliphatic rings. The number of hydrogen-bond acceptors (Lipinski definition) is 8. The fourth-order valence-corrected chi connectivity index (χ4v) is 5.66. The minimum absolute atomic E-state index is 0.0442. The van der Waals surface area contributed by atoms with Gasteiger partial charge in [-0.3, -0.25) is 9.89 Å². The lowest BCUT2D eigenvalue weighted by Gasteiger charge is -2.56. The maximum Gasteiger partial charge on any atom is 0.256 e. The molecule has 1 N–H and O–H groups in total. The summed E-state index contributed by atoms with van der Waals surface area (Å²) in [5, 5.41) is 11.2. The number of piperidine rings is 1. The smallest absolute Gasteiger partial charge is 0.256 e. The largest absolute Gasteiger partial charge is 0.352 e.